The molecule has 3 N–H and O–H groups in total. The number of ketones is 1. The molecule has 5 heterocycles. The van der Waals surface area contributed by atoms with Crippen LogP contribution in [0.1, 0.15) is 63.9 Å². The molecule has 1 aromatic carbocycles. The van der Waals surface area contributed by atoms with Crippen LogP contribution in [0.5, 0.6) is 5.75 Å². The van der Waals surface area contributed by atoms with Crippen molar-refractivity contribution in [2.24, 2.45) is 0 Å². The molecule has 36 heavy (non-hydrogen) atoms. The van der Waals surface area contributed by atoms with Gasteiger partial charge >= 0.3 is 0 Å². The average Bonchev–Trinajstić information content (AvgIpc) is 2.89. The zero-order valence-electron chi connectivity index (χ0n) is 20.7. The lowest BCUT2D eigenvalue weighted by Gasteiger charge is -2.41. The molecule has 4 aliphatic heterocycles. The molecule has 4 aliphatic rings. The van der Waals surface area contributed by atoms with Gasteiger partial charge in [-0.15, -0.1) is 0 Å². The number of rotatable bonds is 3. The van der Waals surface area contributed by atoms with Gasteiger partial charge in [-0.25, -0.2) is 4.98 Å². The van der Waals surface area contributed by atoms with E-state index in [4.69, 9.17) is 4.74 Å². The molecule has 0 atom stereocenters. The molecular formula is C28H33N5O3. The molecule has 0 unspecified atom stereocenters. The number of pyridine rings is 1. The maximum absolute atomic E-state index is 13.1. The molecule has 188 valence electrons. The van der Waals surface area contributed by atoms with Crippen LogP contribution in [0.2, 0.25) is 0 Å². The van der Waals surface area contributed by atoms with Gasteiger partial charge in [0.1, 0.15) is 17.2 Å². The summed E-state index contributed by atoms with van der Waals surface area (Å²) in [6.07, 6.45) is 7.77. The van der Waals surface area contributed by atoms with Crippen molar-refractivity contribution in [3.05, 3.63) is 58.8 Å². The first kappa shape index (κ1) is 23.2. The zero-order valence-corrected chi connectivity index (χ0v) is 20.7. The van der Waals surface area contributed by atoms with Gasteiger partial charge in [0.2, 0.25) is 0 Å². The molecule has 8 heteroatoms. The van der Waals surface area contributed by atoms with Gasteiger partial charge in [0.25, 0.3) is 5.91 Å². The third kappa shape index (κ3) is 4.40. The SMILES string of the molecule is CN1CCC(NC(=O)c2cnc3c(c2)C(c2ccc4c(c2)OC2(CCNCC2)CC4=O)=CCN3)CC1. The predicted octanol–water partition coefficient (Wildman–Crippen LogP) is 2.85. The summed E-state index contributed by atoms with van der Waals surface area (Å²) in [7, 11) is 2.11. The fourth-order valence-electron chi connectivity index (χ4n) is 5.81. The van der Waals surface area contributed by atoms with Crippen molar-refractivity contribution in [1.82, 2.24) is 20.5 Å². The van der Waals surface area contributed by atoms with Crippen LogP contribution >= 0.6 is 0 Å². The van der Waals surface area contributed by atoms with Crippen LogP contribution in [0.25, 0.3) is 5.57 Å². The second-order valence-electron chi connectivity index (χ2n) is 10.5. The summed E-state index contributed by atoms with van der Waals surface area (Å²) in [5, 5.41) is 9.86. The molecule has 6 rings (SSSR count). The summed E-state index contributed by atoms with van der Waals surface area (Å²) in [5.74, 6) is 1.49. The standard InChI is InChI=1S/C28H33N5O3/c1-33-12-5-20(6-13-33)32-27(35)19-14-23-21(4-9-30-26(23)31-17-19)18-2-3-22-24(34)16-28(36-25(22)15-18)7-10-29-11-8-28/h2-4,14-15,17,20,29H,5-13,16H2,1H3,(H,30,31)(H,32,35). The second kappa shape index (κ2) is 9.33. The largest absolute Gasteiger partial charge is 0.486 e. The number of Topliss-reactive ketones (excluding diaryl/α,β-unsaturated/α-hetero) is 1. The number of carbonyl (C=O) groups is 2. The number of amides is 1. The van der Waals surface area contributed by atoms with Gasteiger partial charge < -0.3 is 25.6 Å². The maximum Gasteiger partial charge on any atom is 0.253 e. The first-order valence-corrected chi connectivity index (χ1v) is 13.0. The Morgan fingerprint density at radius 2 is 1.97 bits per heavy atom. The van der Waals surface area contributed by atoms with E-state index in [9.17, 15) is 9.59 Å². The first-order chi connectivity index (χ1) is 17.5. The lowest BCUT2D eigenvalue weighted by molar-refractivity contribution is 0.0187. The number of nitrogens with zero attached hydrogens (tertiary/aromatic N) is 2. The van der Waals surface area contributed by atoms with Crippen LogP contribution in [0.4, 0.5) is 5.82 Å². The smallest absolute Gasteiger partial charge is 0.253 e. The van der Waals surface area contributed by atoms with Gasteiger partial charge in [-0.05, 0) is 75.4 Å². The lowest BCUT2D eigenvalue weighted by Crippen LogP contribution is -2.49. The highest BCUT2D eigenvalue weighted by atomic mass is 16.5. The number of ether oxygens (including phenoxy) is 1. The molecule has 1 spiro atoms. The summed E-state index contributed by atoms with van der Waals surface area (Å²) < 4.78 is 6.52. The van der Waals surface area contributed by atoms with Gasteiger partial charge in [0.15, 0.2) is 5.78 Å². The number of piperidine rings is 2. The molecule has 8 nitrogen and oxygen atoms in total. The molecule has 2 aromatic rings. The van der Waals surface area contributed by atoms with Gasteiger partial charge in [-0.3, -0.25) is 9.59 Å². The number of nitrogens with one attached hydrogen (secondary N) is 3. The fourth-order valence-corrected chi connectivity index (χ4v) is 5.81. The number of hydrogen-bond acceptors (Lipinski definition) is 7. The Hall–Kier alpha value is -3.23. The fraction of sp³-hybridized carbons (Fsp3) is 0.464. The minimum atomic E-state index is -0.408. The van der Waals surface area contributed by atoms with E-state index in [1.54, 1.807) is 6.20 Å². The van der Waals surface area contributed by atoms with Crippen LogP contribution in [-0.4, -0.2) is 73.0 Å². The highest BCUT2D eigenvalue weighted by Crippen LogP contribution is 2.41. The van der Waals surface area contributed by atoms with Gasteiger partial charge in [-0.1, -0.05) is 12.1 Å². The number of hydrogen-bond donors (Lipinski definition) is 3. The Morgan fingerprint density at radius 3 is 2.78 bits per heavy atom. The topological polar surface area (TPSA) is 95.6 Å². The molecule has 1 amide bonds. The summed E-state index contributed by atoms with van der Waals surface area (Å²) in [6, 6.07) is 7.96. The number of carbonyl (C=O) groups excluding carboxylic acids is 2. The van der Waals surface area contributed by atoms with Crippen molar-refractivity contribution in [2.75, 3.05) is 45.1 Å². The third-order valence-corrected chi connectivity index (χ3v) is 7.99. The van der Waals surface area contributed by atoms with E-state index >= 15 is 0 Å². The number of benzene rings is 1. The van der Waals surface area contributed by atoms with Gasteiger partial charge in [0, 0.05) is 37.2 Å². The summed E-state index contributed by atoms with van der Waals surface area (Å²) in [4.78, 5) is 32.9. The minimum Gasteiger partial charge on any atom is -0.486 e. The van der Waals surface area contributed by atoms with E-state index in [0.717, 1.165) is 74.4 Å². The molecule has 2 fully saturated rings. The second-order valence-corrected chi connectivity index (χ2v) is 10.5. The average molecular weight is 488 g/mol. The maximum atomic E-state index is 13.1. The Kier molecular flexibility index (Phi) is 6.01. The Bertz CT molecular complexity index is 1230. The van der Waals surface area contributed by atoms with E-state index in [2.05, 4.69) is 39.0 Å². The molecule has 2 saturated heterocycles. The van der Waals surface area contributed by atoms with E-state index < -0.39 is 5.60 Å². The molecule has 0 radical (unpaired) electrons. The van der Waals surface area contributed by atoms with E-state index in [1.807, 2.05) is 24.3 Å². The molecule has 0 saturated carbocycles. The van der Waals surface area contributed by atoms with E-state index in [0.29, 0.717) is 29.8 Å². The van der Waals surface area contributed by atoms with Crippen molar-refractivity contribution < 1.29 is 14.3 Å². The summed E-state index contributed by atoms with van der Waals surface area (Å²) >= 11 is 0. The van der Waals surface area contributed by atoms with Crippen LogP contribution in [0.15, 0.2) is 36.5 Å². The van der Waals surface area contributed by atoms with E-state index in [1.165, 1.54) is 0 Å². The van der Waals surface area contributed by atoms with Crippen LogP contribution in [0, 0.1) is 0 Å². The van der Waals surface area contributed by atoms with Crippen molar-refractivity contribution in [2.45, 2.75) is 43.7 Å². The van der Waals surface area contributed by atoms with Crippen molar-refractivity contribution in [1.29, 1.82) is 0 Å². The van der Waals surface area contributed by atoms with Crippen molar-refractivity contribution >= 4 is 23.1 Å². The summed E-state index contributed by atoms with van der Waals surface area (Å²) in [5.41, 5.74) is 3.65. The van der Waals surface area contributed by atoms with E-state index in [-0.39, 0.29) is 17.7 Å². The quantitative estimate of drug-likeness (QED) is 0.613. The Morgan fingerprint density at radius 1 is 1.17 bits per heavy atom. The number of aromatic nitrogens is 1. The minimum absolute atomic E-state index is 0.0861. The number of likely N-dealkylation sites (tertiary alicyclic amines) is 1. The molecule has 0 bridgehead atoms. The Balaban J connectivity index is 1.27. The predicted molar refractivity (Wildman–Crippen MR) is 139 cm³/mol. The van der Waals surface area contributed by atoms with Crippen molar-refractivity contribution in [3.8, 4) is 5.75 Å². The number of fused-ring (bicyclic) bond motifs is 2. The summed E-state index contributed by atoms with van der Waals surface area (Å²) in [6.45, 7) is 4.35. The zero-order chi connectivity index (χ0) is 24.7. The van der Waals surface area contributed by atoms with Crippen LogP contribution < -0.4 is 20.7 Å². The first-order valence-electron chi connectivity index (χ1n) is 13.0. The molecule has 1 aromatic heterocycles. The number of anilines is 1. The highest BCUT2D eigenvalue weighted by Gasteiger charge is 2.41. The monoisotopic (exact) mass is 487 g/mol. The molecule has 0 aliphatic carbocycles. The molecular weight excluding hydrogens is 454 g/mol. The van der Waals surface area contributed by atoms with Crippen LogP contribution in [-0.2, 0) is 0 Å². The normalized spacial score (nSPS) is 21.6. The lowest BCUT2D eigenvalue weighted by atomic mass is 9.82. The van der Waals surface area contributed by atoms with Gasteiger partial charge in [-0.2, -0.15) is 0 Å². The highest BCUT2D eigenvalue weighted by molar-refractivity contribution is 6.02. The third-order valence-electron chi connectivity index (χ3n) is 7.99. The van der Waals surface area contributed by atoms with Gasteiger partial charge in [0.05, 0.1) is 17.5 Å². The van der Waals surface area contributed by atoms with Crippen molar-refractivity contribution in [3.63, 3.8) is 0 Å². The van der Waals surface area contributed by atoms with Crippen LogP contribution in [0.3, 0.4) is 0 Å². The Labute approximate surface area is 211 Å².